The first kappa shape index (κ1) is 14.0. The summed E-state index contributed by atoms with van der Waals surface area (Å²) in [5, 5.41) is 14.7. The van der Waals surface area contributed by atoms with E-state index in [1.165, 1.54) is 11.1 Å². The Bertz CT molecular complexity index is 813. The van der Waals surface area contributed by atoms with Crippen molar-refractivity contribution in [2.45, 2.75) is 25.3 Å². The Morgan fingerprint density at radius 3 is 2.91 bits per heavy atom. The lowest BCUT2D eigenvalue weighted by molar-refractivity contribution is -0.384. The molecular weight excluding hydrogens is 288 g/mol. The van der Waals surface area contributed by atoms with Crippen LogP contribution in [0.4, 0.5) is 11.4 Å². The van der Waals surface area contributed by atoms with Crippen LogP contribution in [0.5, 0.6) is 0 Å². The van der Waals surface area contributed by atoms with E-state index in [1.807, 2.05) is 6.07 Å². The predicted molar refractivity (Wildman–Crippen MR) is 90.6 cm³/mol. The molecule has 2 aliphatic rings. The predicted octanol–water partition coefficient (Wildman–Crippen LogP) is 4.73. The number of hydrogen-bond acceptors (Lipinski definition) is 3. The molecule has 0 spiro atoms. The van der Waals surface area contributed by atoms with E-state index in [0.717, 1.165) is 17.7 Å². The van der Waals surface area contributed by atoms with Gasteiger partial charge in [0.25, 0.3) is 5.69 Å². The lowest BCUT2D eigenvalue weighted by atomic mass is 9.76. The van der Waals surface area contributed by atoms with Gasteiger partial charge in [-0.3, -0.25) is 10.1 Å². The Hall–Kier alpha value is -2.62. The molecule has 0 unspecified atom stereocenters. The van der Waals surface area contributed by atoms with Crippen LogP contribution in [0.1, 0.15) is 35.1 Å². The summed E-state index contributed by atoms with van der Waals surface area (Å²) in [6.45, 7) is 2.11. The lowest BCUT2D eigenvalue weighted by Gasteiger charge is -2.37. The van der Waals surface area contributed by atoms with Crippen molar-refractivity contribution in [3.63, 3.8) is 0 Å². The number of benzene rings is 2. The lowest BCUT2D eigenvalue weighted by Crippen LogP contribution is -2.29. The molecule has 0 aromatic heterocycles. The summed E-state index contributed by atoms with van der Waals surface area (Å²) in [4.78, 5) is 10.7. The number of non-ortho nitro benzene ring substituents is 1. The molecule has 1 heterocycles. The van der Waals surface area contributed by atoms with Crippen LogP contribution in [-0.4, -0.2) is 4.92 Å². The van der Waals surface area contributed by atoms with Gasteiger partial charge < -0.3 is 5.32 Å². The van der Waals surface area contributed by atoms with Crippen LogP contribution in [0.2, 0.25) is 0 Å². The van der Waals surface area contributed by atoms with E-state index in [4.69, 9.17) is 0 Å². The van der Waals surface area contributed by atoms with E-state index in [2.05, 4.69) is 42.6 Å². The second-order valence-electron chi connectivity index (χ2n) is 6.42. The largest absolute Gasteiger partial charge is 0.378 e. The van der Waals surface area contributed by atoms with Crippen LogP contribution in [0.3, 0.4) is 0 Å². The summed E-state index contributed by atoms with van der Waals surface area (Å²) in [6, 6.07) is 13.6. The number of hydrogen-bond donors (Lipinski definition) is 1. The number of allylic oxidation sites excluding steroid dienone is 2. The number of nitrogens with zero attached hydrogens (tertiary/aromatic N) is 1. The zero-order chi connectivity index (χ0) is 16.0. The summed E-state index contributed by atoms with van der Waals surface area (Å²) in [5.41, 5.74) is 4.88. The first-order chi connectivity index (χ1) is 11.1. The van der Waals surface area contributed by atoms with Gasteiger partial charge in [-0.2, -0.15) is 0 Å². The molecule has 2 aromatic carbocycles. The Labute approximate surface area is 135 Å². The van der Waals surface area contributed by atoms with Crippen LogP contribution in [0.15, 0.2) is 54.6 Å². The Morgan fingerprint density at radius 1 is 1.22 bits per heavy atom. The van der Waals surface area contributed by atoms with Crippen LogP contribution in [0, 0.1) is 23.0 Å². The standard InChI is InChI=1S/C19H18N2O2/c1-12-8-9-18-17(10-12)15-6-3-7-16(15)19(20-18)13-4-2-5-14(11-13)21(22)23/h2-6,8-11,15-16,19-20H,7H2,1H3/t15-,16-,19-/m0/s1. The average molecular weight is 306 g/mol. The minimum absolute atomic E-state index is 0.102. The summed E-state index contributed by atoms with van der Waals surface area (Å²) >= 11 is 0. The van der Waals surface area contributed by atoms with Crippen LogP contribution >= 0.6 is 0 Å². The van der Waals surface area contributed by atoms with Gasteiger partial charge in [-0.1, -0.05) is 42.0 Å². The molecule has 1 N–H and O–H groups in total. The van der Waals surface area contributed by atoms with Crippen LogP contribution < -0.4 is 5.32 Å². The third-order valence-corrected chi connectivity index (χ3v) is 4.96. The Morgan fingerprint density at radius 2 is 2.09 bits per heavy atom. The number of nitro benzene ring substituents is 1. The Balaban J connectivity index is 1.78. The summed E-state index contributed by atoms with van der Waals surface area (Å²) < 4.78 is 0. The maximum absolute atomic E-state index is 11.1. The number of rotatable bonds is 2. The highest BCUT2D eigenvalue weighted by Gasteiger charge is 2.38. The first-order valence-corrected chi connectivity index (χ1v) is 7.91. The molecule has 116 valence electrons. The van der Waals surface area contributed by atoms with Crippen molar-refractivity contribution in [1.29, 1.82) is 0 Å². The van der Waals surface area contributed by atoms with Gasteiger partial charge in [0.2, 0.25) is 0 Å². The molecule has 4 heteroatoms. The van der Waals surface area contributed by atoms with Gasteiger partial charge >= 0.3 is 0 Å². The van der Waals surface area contributed by atoms with Crippen molar-refractivity contribution < 1.29 is 4.92 Å². The zero-order valence-corrected chi connectivity index (χ0v) is 12.9. The van der Waals surface area contributed by atoms with Gasteiger partial charge in [-0.25, -0.2) is 0 Å². The second kappa shape index (κ2) is 5.23. The highest BCUT2D eigenvalue weighted by Crippen LogP contribution is 2.50. The van der Waals surface area contributed by atoms with E-state index >= 15 is 0 Å². The van der Waals surface area contributed by atoms with Crippen molar-refractivity contribution in [1.82, 2.24) is 0 Å². The Kier molecular flexibility index (Phi) is 3.18. The van der Waals surface area contributed by atoms with Gasteiger partial charge in [-0.15, -0.1) is 0 Å². The average Bonchev–Trinajstić information content (AvgIpc) is 3.04. The molecule has 4 rings (SSSR count). The third-order valence-electron chi connectivity index (χ3n) is 4.96. The number of nitro groups is 1. The van der Waals surface area contributed by atoms with Gasteiger partial charge in [0.05, 0.1) is 11.0 Å². The SMILES string of the molecule is Cc1ccc2c(c1)[C@H]1C=CC[C@@H]1[C@H](c1cccc([N+](=O)[O-])c1)N2. The maximum atomic E-state index is 11.1. The molecule has 1 aliphatic carbocycles. The number of nitrogens with one attached hydrogen (secondary N) is 1. The molecule has 0 radical (unpaired) electrons. The molecule has 1 aliphatic heterocycles. The van der Waals surface area contributed by atoms with Crippen LogP contribution in [0.25, 0.3) is 0 Å². The molecule has 4 nitrogen and oxygen atoms in total. The van der Waals surface area contributed by atoms with E-state index < -0.39 is 0 Å². The van der Waals surface area contributed by atoms with Gasteiger partial charge in [0, 0.05) is 23.7 Å². The fourth-order valence-corrected chi connectivity index (χ4v) is 3.88. The van der Waals surface area contributed by atoms with Crippen molar-refractivity contribution in [2.75, 3.05) is 5.32 Å². The van der Waals surface area contributed by atoms with E-state index in [9.17, 15) is 10.1 Å². The van der Waals surface area contributed by atoms with Crippen molar-refractivity contribution in [2.24, 2.45) is 5.92 Å². The minimum atomic E-state index is -0.325. The normalized spacial score (nSPS) is 24.7. The molecule has 0 amide bonds. The summed E-state index contributed by atoms with van der Waals surface area (Å²) in [6.07, 6.45) is 5.52. The smallest absolute Gasteiger partial charge is 0.269 e. The topological polar surface area (TPSA) is 55.2 Å². The number of aryl methyl sites for hydroxylation is 1. The molecule has 0 fully saturated rings. The third kappa shape index (κ3) is 2.31. The number of fused-ring (bicyclic) bond motifs is 3. The molecule has 0 bridgehead atoms. The molecule has 0 saturated carbocycles. The van der Waals surface area contributed by atoms with Crippen LogP contribution in [-0.2, 0) is 0 Å². The number of anilines is 1. The van der Waals surface area contributed by atoms with E-state index in [-0.39, 0.29) is 16.7 Å². The molecule has 2 aromatic rings. The highest BCUT2D eigenvalue weighted by atomic mass is 16.6. The quantitative estimate of drug-likeness (QED) is 0.496. The zero-order valence-electron chi connectivity index (χ0n) is 12.9. The van der Waals surface area contributed by atoms with Gasteiger partial charge in [0.15, 0.2) is 0 Å². The monoisotopic (exact) mass is 306 g/mol. The second-order valence-corrected chi connectivity index (χ2v) is 6.42. The minimum Gasteiger partial charge on any atom is -0.378 e. The molecule has 0 saturated heterocycles. The van der Waals surface area contributed by atoms with E-state index in [1.54, 1.807) is 18.2 Å². The molecular formula is C19H18N2O2. The molecule has 23 heavy (non-hydrogen) atoms. The fraction of sp³-hybridized carbons (Fsp3) is 0.263. The van der Waals surface area contributed by atoms with E-state index in [0.29, 0.717) is 11.8 Å². The fourth-order valence-electron chi connectivity index (χ4n) is 3.88. The van der Waals surface area contributed by atoms with Crippen molar-refractivity contribution in [3.05, 3.63) is 81.4 Å². The summed E-state index contributed by atoms with van der Waals surface area (Å²) in [7, 11) is 0. The maximum Gasteiger partial charge on any atom is 0.269 e. The van der Waals surface area contributed by atoms with Crippen molar-refractivity contribution >= 4 is 11.4 Å². The summed E-state index contributed by atoms with van der Waals surface area (Å²) in [5.74, 6) is 0.793. The highest BCUT2D eigenvalue weighted by molar-refractivity contribution is 5.61. The molecule has 3 atom stereocenters. The van der Waals surface area contributed by atoms with Gasteiger partial charge in [-0.05, 0) is 36.5 Å². The first-order valence-electron chi connectivity index (χ1n) is 7.91. The van der Waals surface area contributed by atoms with Gasteiger partial charge in [0.1, 0.15) is 0 Å². The van der Waals surface area contributed by atoms with Crippen molar-refractivity contribution in [3.8, 4) is 0 Å².